The molecule has 0 aromatic carbocycles. The number of hydrogen-bond acceptors (Lipinski definition) is 2. The highest BCUT2D eigenvalue weighted by atomic mass is 35.5. The first-order valence-corrected chi connectivity index (χ1v) is 2.35. The number of morpholine rings is 1. The van der Waals surface area contributed by atoms with Gasteiger partial charge in [-0.05, 0) is 0 Å². The predicted octanol–water partition coefficient (Wildman–Crippen LogP) is 0.324. The highest BCUT2D eigenvalue weighted by Gasteiger charge is 2.08. The Morgan fingerprint density at radius 2 is 2.38 bits per heavy atom. The van der Waals surface area contributed by atoms with Crippen molar-refractivity contribution in [1.82, 2.24) is 5.32 Å². The summed E-state index contributed by atoms with van der Waals surface area (Å²) in [6.45, 7) is 1.49. The molecule has 0 spiro atoms. The van der Waals surface area contributed by atoms with Crippen LogP contribution in [-0.2, 0) is 4.74 Å². The minimum Gasteiger partial charge on any atom is -0.376 e. The molecule has 1 aliphatic heterocycles. The van der Waals surface area contributed by atoms with Crippen molar-refractivity contribution in [2.45, 2.75) is 6.30 Å². The molecule has 0 aromatic rings. The van der Waals surface area contributed by atoms with E-state index in [-0.39, 0.29) is 19.0 Å². The fourth-order valence-corrected chi connectivity index (χ4v) is 0.533. The molecule has 1 rings (SSSR count). The molecule has 0 aliphatic carbocycles. The maximum absolute atomic E-state index is 11.9. The molecular formula is C4H9ClFNO. The Labute approximate surface area is 53.8 Å². The van der Waals surface area contributed by atoms with Gasteiger partial charge in [-0.15, -0.1) is 12.4 Å². The van der Waals surface area contributed by atoms with Crippen LogP contribution in [0.15, 0.2) is 0 Å². The average molecular weight is 142 g/mol. The second-order valence-electron chi connectivity index (χ2n) is 1.50. The second kappa shape index (κ2) is 4.06. The molecule has 0 saturated carbocycles. The first-order valence-electron chi connectivity index (χ1n) is 2.35. The summed E-state index contributed by atoms with van der Waals surface area (Å²) in [4.78, 5) is 0. The number of rotatable bonds is 0. The number of ether oxygens (including phenoxy) is 1. The van der Waals surface area contributed by atoms with Crippen LogP contribution in [0.25, 0.3) is 0 Å². The fourth-order valence-electron chi connectivity index (χ4n) is 0.533. The number of hydrogen-bond donors (Lipinski definition) is 1. The van der Waals surface area contributed by atoms with Crippen molar-refractivity contribution in [3.8, 4) is 0 Å². The zero-order chi connectivity index (χ0) is 5.11. The normalized spacial score (nSPS) is 28.9. The summed E-state index contributed by atoms with van der Waals surface area (Å²) >= 11 is 0. The van der Waals surface area contributed by atoms with Crippen LogP contribution < -0.4 is 5.32 Å². The molecule has 1 saturated heterocycles. The SMILES string of the molecule is Cl.F[C@@H]1COCCN1. The lowest BCUT2D eigenvalue weighted by Gasteiger charge is -2.15. The van der Waals surface area contributed by atoms with Gasteiger partial charge in [-0.25, -0.2) is 4.39 Å². The van der Waals surface area contributed by atoms with Crippen molar-refractivity contribution in [2.24, 2.45) is 0 Å². The molecule has 1 fully saturated rings. The first kappa shape index (κ1) is 8.14. The third-order valence-electron chi connectivity index (χ3n) is 0.876. The smallest absolute Gasteiger partial charge is 0.174 e. The molecule has 1 aliphatic rings. The van der Waals surface area contributed by atoms with Gasteiger partial charge in [0.25, 0.3) is 0 Å². The van der Waals surface area contributed by atoms with E-state index in [4.69, 9.17) is 4.74 Å². The highest BCUT2D eigenvalue weighted by molar-refractivity contribution is 5.85. The monoisotopic (exact) mass is 141 g/mol. The Balaban J connectivity index is 0.000000490. The lowest BCUT2D eigenvalue weighted by atomic mass is 10.5. The van der Waals surface area contributed by atoms with E-state index in [1.165, 1.54) is 0 Å². The molecule has 0 bridgehead atoms. The van der Waals surface area contributed by atoms with E-state index in [9.17, 15) is 4.39 Å². The lowest BCUT2D eigenvalue weighted by Crippen LogP contribution is -2.37. The highest BCUT2D eigenvalue weighted by Crippen LogP contribution is 1.91. The third kappa shape index (κ3) is 2.45. The third-order valence-corrected chi connectivity index (χ3v) is 0.876. The van der Waals surface area contributed by atoms with Crippen molar-refractivity contribution in [3.05, 3.63) is 0 Å². The van der Waals surface area contributed by atoms with Gasteiger partial charge in [0.05, 0.1) is 13.2 Å². The summed E-state index contributed by atoms with van der Waals surface area (Å²) in [5.74, 6) is 0. The van der Waals surface area contributed by atoms with Crippen molar-refractivity contribution >= 4 is 12.4 Å². The van der Waals surface area contributed by atoms with E-state index in [0.29, 0.717) is 13.2 Å². The van der Waals surface area contributed by atoms with Gasteiger partial charge in [-0.2, -0.15) is 0 Å². The minimum atomic E-state index is -0.936. The Hall–Kier alpha value is 0.140. The van der Waals surface area contributed by atoms with Crippen LogP contribution in [-0.4, -0.2) is 26.1 Å². The Morgan fingerprint density at radius 3 is 2.62 bits per heavy atom. The molecule has 2 nitrogen and oxygen atoms in total. The minimum absolute atomic E-state index is 0. The zero-order valence-corrected chi connectivity index (χ0v) is 5.21. The molecular weight excluding hydrogens is 133 g/mol. The topological polar surface area (TPSA) is 21.3 Å². The van der Waals surface area contributed by atoms with Crippen LogP contribution in [0.4, 0.5) is 4.39 Å². The summed E-state index contributed by atoms with van der Waals surface area (Å²) in [5.41, 5.74) is 0. The van der Waals surface area contributed by atoms with Crippen molar-refractivity contribution in [2.75, 3.05) is 19.8 Å². The van der Waals surface area contributed by atoms with Crippen LogP contribution in [0, 0.1) is 0 Å². The first-order chi connectivity index (χ1) is 3.39. The molecule has 0 radical (unpaired) electrons. The van der Waals surface area contributed by atoms with E-state index >= 15 is 0 Å². The molecule has 1 heterocycles. The van der Waals surface area contributed by atoms with Crippen molar-refractivity contribution in [3.63, 3.8) is 0 Å². The predicted molar refractivity (Wildman–Crippen MR) is 31.0 cm³/mol. The summed E-state index contributed by atoms with van der Waals surface area (Å²) in [6, 6.07) is 0. The number of halogens is 2. The van der Waals surface area contributed by atoms with E-state index in [2.05, 4.69) is 5.32 Å². The van der Waals surface area contributed by atoms with Gasteiger partial charge in [0.15, 0.2) is 6.30 Å². The van der Waals surface area contributed by atoms with Gasteiger partial charge in [0.1, 0.15) is 0 Å². The summed E-state index contributed by atoms with van der Waals surface area (Å²) in [6.07, 6.45) is -0.936. The molecule has 1 atom stereocenters. The van der Waals surface area contributed by atoms with Crippen LogP contribution in [0.1, 0.15) is 0 Å². The Morgan fingerprint density at radius 1 is 1.62 bits per heavy atom. The summed E-state index contributed by atoms with van der Waals surface area (Å²) < 4.78 is 16.7. The second-order valence-corrected chi connectivity index (χ2v) is 1.50. The van der Waals surface area contributed by atoms with E-state index < -0.39 is 6.30 Å². The maximum Gasteiger partial charge on any atom is 0.174 e. The van der Waals surface area contributed by atoms with E-state index in [0.717, 1.165) is 0 Å². The van der Waals surface area contributed by atoms with Crippen LogP contribution in [0.3, 0.4) is 0 Å². The average Bonchev–Trinajstić information content (AvgIpc) is 1.69. The number of alkyl halides is 1. The standard InChI is InChI=1S/C4H8FNO.ClH/c5-4-3-7-2-1-6-4;/h4,6H,1-3H2;1H/t4-;/m0./s1. The zero-order valence-electron chi connectivity index (χ0n) is 4.39. The Bertz CT molecular complexity index is 58.0. The van der Waals surface area contributed by atoms with Crippen molar-refractivity contribution < 1.29 is 9.13 Å². The molecule has 8 heavy (non-hydrogen) atoms. The molecule has 4 heteroatoms. The van der Waals surface area contributed by atoms with Crippen molar-refractivity contribution in [1.29, 1.82) is 0 Å². The summed E-state index contributed by atoms with van der Waals surface area (Å²) in [5, 5.41) is 2.59. The maximum atomic E-state index is 11.9. The van der Waals surface area contributed by atoms with Crippen LogP contribution in [0.2, 0.25) is 0 Å². The largest absolute Gasteiger partial charge is 0.376 e. The molecule has 0 aromatic heterocycles. The Kier molecular flexibility index (Phi) is 4.13. The molecule has 50 valence electrons. The van der Waals surface area contributed by atoms with E-state index in [1.54, 1.807) is 0 Å². The summed E-state index contributed by atoms with van der Waals surface area (Å²) in [7, 11) is 0. The van der Waals surface area contributed by atoms with Crippen LogP contribution >= 0.6 is 12.4 Å². The van der Waals surface area contributed by atoms with Gasteiger partial charge in [0.2, 0.25) is 0 Å². The van der Waals surface area contributed by atoms with Gasteiger partial charge < -0.3 is 4.74 Å². The van der Waals surface area contributed by atoms with Gasteiger partial charge >= 0.3 is 0 Å². The van der Waals surface area contributed by atoms with E-state index in [1.807, 2.05) is 0 Å². The molecule has 0 unspecified atom stereocenters. The number of nitrogens with one attached hydrogen (secondary N) is 1. The fraction of sp³-hybridized carbons (Fsp3) is 1.00. The van der Waals surface area contributed by atoms with Gasteiger partial charge in [-0.3, -0.25) is 5.32 Å². The molecule has 0 amide bonds. The quantitative estimate of drug-likeness (QED) is 0.491. The lowest BCUT2D eigenvalue weighted by molar-refractivity contribution is 0.0286. The molecule has 1 N–H and O–H groups in total. The van der Waals surface area contributed by atoms with Gasteiger partial charge in [0, 0.05) is 6.54 Å². The van der Waals surface area contributed by atoms with Crippen LogP contribution in [0.5, 0.6) is 0 Å². The van der Waals surface area contributed by atoms with Gasteiger partial charge in [-0.1, -0.05) is 0 Å².